The summed E-state index contributed by atoms with van der Waals surface area (Å²) in [5, 5.41) is 8.04. The van der Waals surface area contributed by atoms with Gasteiger partial charge in [0.25, 0.3) is 5.91 Å². The molecule has 2 N–H and O–H groups in total. The first-order valence-corrected chi connectivity index (χ1v) is 18.7. The summed E-state index contributed by atoms with van der Waals surface area (Å²) in [4.78, 5) is 42.2. The molecule has 10 nitrogen and oxygen atoms in total. The number of ether oxygens (including phenoxy) is 1. The van der Waals surface area contributed by atoms with Crippen LogP contribution in [-0.4, -0.2) is 56.5 Å². The molecule has 2 aromatic carbocycles. The summed E-state index contributed by atoms with van der Waals surface area (Å²) in [5.41, 5.74) is 8.20. The predicted octanol–water partition coefficient (Wildman–Crippen LogP) is 8.28. The number of methoxy groups -OCH3 is 1. The van der Waals surface area contributed by atoms with E-state index in [9.17, 15) is 9.59 Å². The van der Waals surface area contributed by atoms with Crippen molar-refractivity contribution in [2.75, 3.05) is 30.8 Å². The number of halogens is 1. The van der Waals surface area contributed by atoms with Gasteiger partial charge in [-0.25, -0.2) is 9.97 Å². The fraction of sp³-hybridized carbons (Fsp3) is 0.390. The van der Waals surface area contributed by atoms with E-state index < -0.39 is 0 Å². The van der Waals surface area contributed by atoms with Crippen molar-refractivity contribution in [3.63, 3.8) is 0 Å². The van der Waals surface area contributed by atoms with Crippen LogP contribution in [0.25, 0.3) is 22.0 Å². The SMILES string of the molecule is CCc1cnc2c(Nc3cccc(-c4cccc(NC(=O)c5nc6c(n5C)CCN(CC[C@H]5CC[C@H](C(=O)OC)CC5)C6)c4Cl)c3C)nccc2c1. The van der Waals surface area contributed by atoms with E-state index in [1.807, 2.05) is 67.2 Å². The molecule has 1 amide bonds. The second-order valence-corrected chi connectivity index (χ2v) is 14.5. The zero-order valence-corrected chi connectivity index (χ0v) is 31.1. The smallest absolute Gasteiger partial charge is 0.308 e. The molecule has 0 spiro atoms. The van der Waals surface area contributed by atoms with Gasteiger partial charge in [0, 0.05) is 61.3 Å². The first-order chi connectivity index (χ1) is 25.2. The quantitative estimate of drug-likeness (QED) is 0.139. The number of anilines is 3. The Kier molecular flexibility index (Phi) is 10.6. The maximum absolute atomic E-state index is 13.7. The lowest BCUT2D eigenvalue weighted by molar-refractivity contribution is -0.146. The largest absolute Gasteiger partial charge is 0.469 e. The minimum atomic E-state index is -0.294. The van der Waals surface area contributed by atoms with E-state index in [0.717, 1.165) is 109 Å². The summed E-state index contributed by atoms with van der Waals surface area (Å²) in [5.74, 6) is 1.38. The number of fused-ring (bicyclic) bond motifs is 2. The average molecular weight is 720 g/mol. The van der Waals surface area contributed by atoms with Gasteiger partial charge in [-0.15, -0.1) is 0 Å². The van der Waals surface area contributed by atoms with Crippen LogP contribution in [0.5, 0.6) is 0 Å². The molecule has 4 heterocycles. The molecule has 7 rings (SSSR count). The van der Waals surface area contributed by atoms with Crippen LogP contribution in [0.3, 0.4) is 0 Å². The zero-order chi connectivity index (χ0) is 36.4. The van der Waals surface area contributed by atoms with Crippen molar-refractivity contribution in [2.24, 2.45) is 18.9 Å². The summed E-state index contributed by atoms with van der Waals surface area (Å²) in [7, 11) is 3.39. The van der Waals surface area contributed by atoms with Gasteiger partial charge in [0.1, 0.15) is 5.52 Å². The molecule has 0 saturated heterocycles. The molecule has 0 bridgehead atoms. The summed E-state index contributed by atoms with van der Waals surface area (Å²) in [6.45, 7) is 6.80. The number of pyridine rings is 2. The van der Waals surface area contributed by atoms with Gasteiger partial charge in [-0.3, -0.25) is 19.5 Å². The van der Waals surface area contributed by atoms with Gasteiger partial charge in [-0.05, 0) is 98.9 Å². The molecule has 0 unspecified atom stereocenters. The van der Waals surface area contributed by atoms with Crippen molar-refractivity contribution in [3.05, 3.63) is 94.3 Å². The highest BCUT2D eigenvalue weighted by molar-refractivity contribution is 6.36. The fourth-order valence-corrected chi connectivity index (χ4v) is 8.07. The number of nitrogens with zero attached hydrogens (tertiary/aromatic N) is 5. The van der Waals surface area contributed by atoms with Crippen LogP contribution in [0.1, 0.15) is 72.2 Å². The molecule has 0 atom stereocenters. The first-order valence-electron chi connectivity index (χ1n) is 18.3. The van der Waals surface area contributed by atoms with Crippen molar-refractivity contribution >= 4 is 51.6 Å². The van der Waals surface area contributed by atoms with Gasteiger partial charge >= 0.3 is 5.97 Å². The molecule has 5 aromatic rings. The lowest BCUT2D eigenvalue weighted by atomic mass is 9.80. The van der Waals surface area contributed by atoms with Crippen molar-refractivity contribution in [1.82, 2.24) is 24.4 Å². The lowest BCUT2D eigenvalue weighted by Crippen LogP contribution is -2.33. The van der Waals surface area contributed by atoms with Gasteiger partial charge < -0.3 is 19.9 Å². The van der Waals surface area contributed by atoms with Crippen LogP contribution in [0.4, 0.5) is 17.2 Å². The number of hydrogen-bond donors (Lipinski definition) is 2. The second kappa shape index (κ2) is 15.4. The van der Waals surface area contributed by atoms with Crippen molar-refractivity contribution < 1.29 is 14.3 Å². The molecule has 11 heteroatoms. The highest BCUT2D eigenvalue weighted by Gasteiger charge is 2.29. The van der Waals surface area contributed by atoms with Gasteiger partial charge in [0.05, 0.1) is 29.4 Å². The maximum Gasteiger partial charge on any atom is 0.308 e. The number of nitrogens with one attached hydrogen (secondary N) is 2. The number of hydrogen-bond acceptors (Lipinski definition) is 8. The van der Waals surface area contributed by atoms with Crippen LogP contribution in [0.2, 0.25) is 5.02 Å². The molecule has 3 aromatic heterocycles. The third-order valence-corrected chi connectivity index (χ3v) is 11.4. The highest BCUT2D eigenvalue weighted by atomic mass is 35.5. The van der Waals surface area contributed by atoms with E-state index in [1.165, 1.54) is 12.7 Å². The van der Waals surface area contributed by atoms with E-state index in [1.54, 1.807) is 6.20 Å². The monoisotopic (exact) mass is 719 g/mol. The van der Waals surface area contributed by atoms with E-state index in [-0.39, 0.29) is 17.8 Å². The molecule has 270 valence electrons. The maximum atomic E-state index is 13.7. The van der Waals surface area contributed by atoms with Gasteiger partial charge in [-0.1, -0.05) is 42.8 Å². The Bertz CT molecular complexity index is 2120. The zero-order valence-electron chi connectivity index (χ0n) is 30.3. The van der Waals surface area contributed by atoms with Crippen LogP contribution in [0.15, 0.2) is 60.9 Å². The summed E-state index contributed by atoms with van der Waals surface area (Å²) >= 11 is 7.04. The van der Waals surface area contributed by atoms with E-state index in [4.69, 9.17) is 26.3 Å². The molecule has 1 fully saturated rings. The molecule has 1 aliphatic heterocycles. The van der Waals surface area contributed by atoms with Gasteiger partial charge in [0.15, 0.2) is 11.6 Å². The molecule has 0 radical (unpaired) electrons. The van der Waals surface area contributed by atoms with E-state index in [2.05, 4.69) is 33.5 Å². The topological polar surface area (TPSA) is 114 Å². The Morgan fingerprint density at radius 3 is 2.56 bits per heavy atom. The number of carbonyl (C=O) groups is 2. The molecule has 52 heavy (non-hydrogen) atoms. The second-order valence-electron chi connectivity index (χ2n) is 14.1. The molecular formula is C41H46ClN7O3. The molecular weight excluding hydrogens is 674 g/mol. The summed E-state index contributed by atoms with van der Waals surface area (Å²) in [6, 6.07) is 15.8. The number of aryl methyl sites for hydroxylation is 1. The van der Waals surface area contributed by atoms with Crippen molar-refractivity contribution in [1.29, 1.82) is 0 Å². The Balaban J connectivity index is 1.03. The molecule has 1 aliphatic carbocycles. The van der Waals surface area contributed by atoms with Crippen LogP contribution in [0, 0.1) is 18.8 Å². The Labute approximate surface area is 310 Å². The predicted molar refractivity (Wildman–Crippen MR) is 206 cm³/mol. The first kappa shape index (κ1) is 35.6. The van der Waals surface area contributed by atoms with Crippen LogP contribution >= 0.6 is 11.6 Å². The number of benzene rings is 2. The number of carbonyl (C=O) groups excluding carboxylic acids is 2. The molecule has 2 aliphatic rings. The highest BCUT2D eigenvalue weighted by Crippen LogP contribution is 2.39. The molecule has 1 saturated carbocycles. The Morgan fingerprint density at radius 1 is 1.02 bits per heavy atom. The normalized spacial score (nSPS) is 17.5. The minimum absolute atomic E-state index is 0.0539. The number of aromatic nitrogens is 4. The minimum Gasteiger partial charge on any atom is -0.469 e. The third kappa shape index (κ3) is 7.27. The fourth-order valence-electron chi connectivity index (χ4n) is 7.79. The summed E-state index contributed by atoms with van der Waals surface area (Å²) < 4.78 is 6.87. The lowest BCUT2D eigenvalue weighted by Gasteiger charge is -2.31. The van der Waals surface area contributed by atoms with Gasteiger partial charge in [0.2, 0.25) is 0 Å². The van der Waals surface area contributed by atoms with E-state index in [0.29, 0.717) is 28.3 Å². The van der Waals surface area contributed by atoms with Crippen molar-refractivity contribution in [2.45, 2.75) is 65.3 Å². The third-order valence-electron chi connectivity index (χ3n) is 11.0. The average Bonchev–Trinajstić information content (AvgIpc) is 3.50. The number of amides is 1. The number of imidazole rings is 1. The van der Waals surface area contributed by atoms with Crippen LogP contribution < -0.4 is 10.6 Å². The number of esters is 1. The standard InChI is InChI=1S/C41H46ClN7O3/c1-5-26-22-29-16-19-43-38(37(29)44-23-26)45-32-10-6-8-30(25(32)2)31-9-7-11-33(36(31)42)47-40(50)39-46-34-24-49(21-18-35(34)48(39)3)20-17-27-12-14-28(15-13-27)41(51)52-4/h6-11,16,19,22-23,27-28H,5,12-15,17-18,20-21,24H2,1-4H3,(H,43,45)(H,47,50)/t27-,28-. The summed E-state index contributed by atoms with van der Waals surface area (Å²) in [6.07, 6.45) is 10.5. The Hall–Kier alpha value is -4.80. The number of rotatable bonds is 10. The van der Waals surface area contributed by atoms with Crippen LogP contribution in [-0.2, 0) is 36.0 Å². The van der Waals surface area contributed by atoms with Crippen molar-refractivity contribution in [3.8, 4) is 11.1 Å². The van der Waals surface area contributed by atoms with Gasteiger partial charge in [-0.2, -0.15) is 0 Å². The Morgan fingerprint density at radius 2 is 1.79 bits per heavy atom. The van der Waals surface area contributed by atoms with E-state index >= 15 is 0 Å².